The predicted molar refractivity (Wildman–Crippen MR) is 74.1 cm³/mol. The van der Waals surface area contributed by atoms with Crippen molar-refractivity contribution < 1.29 is 14.3 Å². The first-order valence-corrected chi connectivity index (χ1v) is 6.29. The van der Waals surface area contributed by atoms with Crippen molar-refractivity contribution in [3.8, 4) is 5.75 Å². The van der Waals surface area contributed by atoms with Gasteiger partial charge in [-0.1, -0.05) is 17.7 Å². The summed E-state index contributed by atoms with van der Waals surface area (Å²) in [5.74, 6) is 0.568. The Balaban J connectivity index is 2.37. The highest BCUT2D eigenvalue weighted by molar-refractivity contribution is 5.81. The Morgan fingerprint density at radius 2 is 2.00 bits per heavy atom. The molecule has 0 heterocycles. The fourth-order valence-corrected chi connectivity index (χ4v) is 1.54. The molecule has 2 unspecified atom stereocenters. The smallest absolute Gasteiger partial charge is 0.250 e. The van der Waals surface area contributed by atoms with Gasteiger partial charge in [-0.3, -0.25) is 4.79 Å². The van der Waals surface area contributed by atoms with E-state index in [-0.39, 0.29) is 18.5 Å². The monoisotopic (exact) mass is 266 g/mol. The van der Waals surface area contributed by atoms with Gasteiger partial charge in [0.05, 0.1) is 6.04 Å². The number of hydrogen-bond donors (Lipinski definition) is 2. The third-order valence-corrected chi connectivity index (χ3v) is 2.70. The average molecular weight is 266 g/mol. The Morgan fingerprint density at radius 3 is 2.53 bits per heavy atom. The third kappa shape index (κ3) is 5.28. The third-order valence-electron chi connectivity index (χ3n) is 2.70. The predicted octanol–water partition coefficient (Wildman–Crippen LogP) is 0.852. The van der Waals surface area contributed by atoms with Crippen molar-refractivity contribution in [1.82, 2.24) is 5.32 Å². The van der Waals surface area contributed by atoms with Crippen LogP contribution >= 0.6 is 0 Å². The Kier molecular flexibility index (Phi) is 6.32. The second kappa shape index (κ2) is 7.76. The van der Waals surface area contributed by atoms with Crippen LogP contribution in [0.5, 0.6) is 5.75 Å². The maximum Gasteiger partial charge on any atom is 0.250 e. The van der Waals surface area contributed by atoms with E-state index in [1.165, 1.54) is 12.7 Å². The van der Waals surface area contributed by atoms with Crippen molar-refractivity contribution in [2.75, 3.05) is 20.3 Å². The maximum atomic E-state index is 11.7. The number of benzene rings is 1. The lowest BCUT2D eigenvalue weighted by atomic mass is 10.2. The van der Waals surface area contributed by atoms with Gasteiger partial charge >= 0.3 is 0 Å². The molecule has 1 aromatic carbocycles. The summed E-state index contributed by atoms with van der Waals surface area (Å²) in [7, 11) is 1.46. The van der Waals surface area contributed by atoms with E-state index in [1.807, 2.05) is 38.1 Å². The molecular weight excluding hydrogens is 244 g/mol. The number of methoxy groups -OCH3 is 1. The highest BCUT2D eigenvalue weighted by Gasteiger charge is 2.17. The lowest BCUT2D eigenvalue weighted by Gasteiger charge is -2.18. The zero-order chi connectivity index (χ0) is 14.3. The zero-order valence-corrected chi connectivity index (χ0v) is 11.7. The molecule has 0 aliphatic carbocycles. The summed E-state index contributed by atoms with van der Waals surface area (Å²) in [5.41, 5.74) is 6.60. The van der Waals surface area contributed by atoms with Crippen LogP contribution in [0.15, 0.2) is 24.3 Å². The van der Waals surface area contributed by atoms with Crippen molar-refractivity contribution in [3.63, 3.8) is 0 Å². The molecule has 0 saturated heterocycles. The molecular formula is C14H22N2O3. The van der Waals surface area contributed by atoms with Crippen LogP contribution in [-0.4, -0.2) is 38.3 Å². The number of amides is 1. The standard InChI is InChI=1S/C14H22N2O3/c1-10-4-6-12(7-5-10)19-9-11(2)16-14(17)13(8-15)18-3/h4-7,11,13H,8-9,15H2,1-3H3,(H,16,17). The molecule has 0 aliphatic rings. The highest BCUT2D eigenvalue weighted by atomic mass is 16.5. The Labute approximate surface area is 114 Å². The van der Waals surface area contributed by atoms with Crippen molar-refractivity contribution >= 4 is 5.91 Å². The molecule has 0 fully saturated rings. The summed E-state index contributed by atoms with van der Waals surface area (Å²) in [5, 5.41) is 2.79. The summed E-state index contributed by atoms with van der Waals surface area (Å²) < 4.78 is 10.5. The number of hydrogen-bond acceptors (Lipinski definition) is 4. The number of rotatable bonds is 7. The van der Waals surface area contributed by atoms with Crippen molar-refractivity contribution in [3.05, 3.63) is 29.8 Å². The first kappa shape index (κ1) is 15.5. The zero-order valence-electron chi connectivity index (χ0n) is 11.7. The summed E-state index contributed by atoms with van der Waals surface area (Å²) in [6, 6.07) is 7.66. The summed E-state index contributed by atoms with van der Waals surface area (Å²) in [4.78, 5) is 11.7. The Morgan fingerprint density at radius 1 is 1.37 bits per heavy atom. The molecule has 1 rings (SSSR count). The number of carbonyl (C=O) groups is 1. The van der Waals surface area contributed by atoms with Gasteiger partial charge in [0.15, 0.2) is 0 Å². The van der Waals surface area contributed by atoms with E-state index in [0.717, 1.165) is 5.75 Å². The molecule has 19 heavy (non-hydrogen) atoms. The van der Waals surface area contributed by atoms with E-state index in [1.54, 1.807) is 0 Å². The van der Waals surface area contributed by atoms with Gasteiger partial charge in [0, 0.05) is 13.7 Å². The molecule has 5 nitrogen and oxygen atoms in total. The fraction of sp³-hybridized carbons (Fsp3) is 0.500. The number of nitrogens with one attached hydrogen (secondary N) is 1. The second-order valence-electron chi connectivity index (χ2n) is 4.49. The van der Waals surface area contributed by atoms with Gasteiger partial charge in [0.1, 0.15) is 18.5 Å². The molecule has 1 aromatic rings. The van der Waals surface area contributed by atoms with Crippen molar-refractivity contribution in [2.45, 2.75) is 26.0 Å². The molecule has 0 spiro atoms. The molecule has 0 saturated carbocycles. The first-order valence-electron chi connectivity index (χ1n) is 6.29. The topological polar surface area (TPSA) is 73.6 Å². The molecule has 5 heteroatoms. The summed E-state index contributed by atoms with van der Waals surface area (Å²) in [6.45, 7) is 4.45. The minimum atomic E-state index is -0.609. The van der Waals surface area contributed by atoms with E-state index in [4.69, 9.17) is 15.2 Å². The molecule has 2 atom stereocenters. The van der Waals surface area contributed by atoms with E-state index < -0.39 is 6.10 Å². The largest absolute Gasteiger partial charge is 0.491 e. The normalized spacial score (nSPS) is 13.7. The van der Waals surface area contributed by atoms with Crippen molar-refractivity contribution in [2.24, 2.45) is 5.73 Å². The average Bonchev–Trinajstić information content (AvgIpc) is 2.39. The van der Waals surface area contributed by atoms with Gasteiger partial charge in [-0.05, 0) is 26.0 Å². The molecule has 3 N–H and O–H groups in total. The Hall–Kier alpha value is -1.59. The summed E-state index contributed by atoms with van der Waals surface area (Å²) in [6.07, 6.45) is -0.609. The van der Waals surface area contributed by atoms with Crippen LogP contribution < -0.4 is 15.8 Å². The molecule has 0 bridgehead atoms. The molecule has 1 amide bonds. The van der Waals surface area contributed by atoms with E-state index in [0.29, 0.717) is 6.61 Å². The van der Waals surface area contributed by atoms with Crippen LogP contribution in [-0.2, 0) is 9.53 Å². The van der Waals surface area contributed by atoms with Gasteiger partial charge in [-0.25, -0.2) is 0 Å². The van der Waals surface area contributed by atoms with Crippen molar-refractivity contribution in [1.29, 1.82) is 0 Å². The SMILES string of the molecule is COC(CN)C(=O)NC(C)COc1ccc(C)cc1. The van der Waals surface area contributed by atoms with Gasteiger partial charge in [0.25, 0.3) is 5.91 Å². The quantitative estimate of drug-likeness (QED) is 0.767. The molecule has 0 radical (unpaired) electrons. The van der Waals surface area contributed by atoms with Gasteiger partial charge in [-0.15, -0.1) is 0 Å². The Bertz CT molecular complexity index is 388. The van der Waals surface area contributed by atoms with E-state index in [9.17, 15) is 4.79 Å². The second-order valence-corrected chi connectivity index (χ2v) is 4.49. The van der Waals surface area contributed by atoms with Crippen LogP contribution in [0.1, 0.15) is 12.5 Å². The first-order chi connectivity index (χ1) is 9.06. The molecule has 0 aromatic heterocycles. The number of ether oxygens (including phenoxy) is 2. The van der Waals surface area contributed by atoms with E-state index >= 15 is 0 Å². The maximum absolute atomic E-state index is 11.7. The van der Waals surface area contributed by atoms with Crippen LogP contribution in [0, 0.1) is 6.92 Å². The molecule has 0 aliphatic heterocycles. The van der Waals surface area contributed by atoms with Gasteiger partial charge < -0.3 is 20.5 Å². The fourth-order valence-electron chi connectivity index (χ4n) is 1.54. The lowest BCUT2D eigenvalue weighted by molar-refractivity contribution is -0.131. The lowest BCUT2D eigenvalue weighted by Crippen LogP contribution is -2.46. The van der Waals surface area contributed by atoms with E-state index in [2.05, 4.69) is 5.32 Å². The summed E-state index contributed by atoms with van der Waals surface area (Å²) >= 11 is 0. The van der Waals surface area contributed by atoms with Crippen LogP contribution in [0.2, 0.25) is 0 Å². The van der Waals surface area contributed by atoms with Crippen LogP contribution in [0.4, 0.5) is 0 Å². The van der Waals surface area contributed by atoms with Crippen LogP contribution in [0.25, 0.3) is 0 Å². The van der Waals surface area contributed by atoms with Gasteiger partial charge in [-0.2, -0.15) is 0 Å². The number of carbonyl (C=O) groups excluding carboxylic acids is 1. The molecule has 106 valence electrons. The van der Waals surface area contributed by atoms with Gasteiger partial charge in [0.2, 0.25) is 0 Å². The number of nitrogens with two attached hydrogens (primary N) is 1. The minimum absolute atomic E-state index is 0.113. The van der Waals surface area contributed by atoms with Crippen LogP contribution in [0.3, 0.4) is 0 Å². The number of aryl methyl sites for hydroxylation is 1. The highest BCUT2D eigenvalue weighted by Crippen LogP contribution is 2.11. The minimum Gasteiger partial charge on any atom is -0.491 e.